The van der Waals surface area contributed by atoms with Crippen molar-refractivity contribution in [3.63, 3.8) is 0 Å². The molecule has 0 aliphatic carbocycles. The van der Waals surface area contributed by atoms with E-state index in [-0.39, 0.29) is 6.04 Å². The Morgan fingerprint density at radius 3 is 2.38 bits per heavy atom. The molecule has 0 fully saturated rings. The van der Waals surface area contributed by atoms with Crippen LogP contribution in [-0.4, -0.2) is 20.8 Å². The van der Waals surface area contributed by atoms with Crippen LogP contribution in [0.4, 0.5) is 0 Å². The largest absolute Gasteiger partial charge is 0.496 e. The Morgan fingerprint density at radius 1 is 1.05 bits per heavy atom. The molecular formula is C18H23NO2. The van der Waals surface area contributed by atoms with Crippen LogP contribution in [0.25, 0.3) is 0 Å². The summed E-state index contributed by atoms with van der Waals surface area (Å²) in [6.45, 7) is 2.86. The highest BCUT2D eigenvalue weighted by Gasteiger charge is 2.15. The number of hydrogen-bond acceptors (Lipinski definition) is 3. The topological polar surface area (TPSA) is 30.5 Å². The molecule has 2 aromatic carbocycles. The van der Waals surface area contributed by atoms with Crippen molar-refractivity contribution < 1.29 is 9.47 Å². The number of rotatable bonds is 7. The van der Waals surface area contributed by atoms with Crippen LogP contribution in [0.2, 0.25) is 0 Å². The van der Waals surface area contributed by atoms with Gasteiger partial charge >= 0.3 is 0 Å². The van der Waals surface area contributed by atoms with Crippen molar-refractivity contribution in [1.29, 1.82) is 0 Å². The van der Waals surface area contributed by atoms with Crippen LogP contribution >= 0.6 is 0 Å². The number of benzene rings is 2. The van der Waals surface area contributed by atoms with Crippen molar-refractivity contribution in [2.75, 3.05) is 20.8 Å². The molecule has 0 aliphatic heterocycles. The average Bonchev–Trinajstić information content (AvgIpc) is 2.55. The van der Waals surface area contributed by atoms with Gasteiger partial charge in [-0.2, -0.15) is 0 Å². The number of ether oxygens (including phenoxy) is 2. The van der Waals surface area contributed by atoms with Crippen molar-refractivity contribution in [1.82, 2.24) is 5.32 Å². The summed E-state index contributed by atoms with van der Waals surface area (Å²) < 4.78 is 11.1. The molecule has 112 valence electrons. The smallest absolute Gasteiger partial charge is 0.123 e. The number of hydrogen-bond donors (Lipinski definition) is 1. The molecule has 1 atom stereocenters. The molecule has 21 heavy (non-hydrogen) atoms. The van der Waals surface area contributed by atoms with Crippen LogP contribution in [0.1, 0.15) is 30.5 Å². The van der Waals surface area contributed by atoms with Gasteiger partial charge in [0.05, 0.1) is 19.8 Å². The van der Waals surface area contributed by atoms with Crippen molar-refractivity contribution in [3.8, 4) is 11.5 Å². The van der Waals surface area contributed by atoms with E-state index in [0.717, 1.165) is 30.1 Å². The second-order valence-electron chi connectivity index (χ2n) is 4.88. The van der Waals surface area contributed by atoms with Gasteiger partial charge < -0.3 is 14.8 Å². The Hall–Kier alpha value is -2.00. The van der Waals surface area contributed by atoms with E-state index in [0.29, 0.717) is 0 Å². The monoisotopic (exact) mass is 285 g/mol. The van der Waals surface area contributed by atoms with E-state index in [1.807, 2.05) is 37.4 Å². The molecule has 0 aliphatic rings. The fraction of sp³-hybridized carbons (Fsp3) is 0.333. The molecule has 0 aromatic heterocycles. The fourth-order valence-corrected chi connectivity index (χ4v) is 2.38. The zero-order chi connectivity index (χ0) is 15.1. The second kappa shape index (κ2) is 7.70. The van der Waals surface area contributed by atoms with Crippen LogP contribution in [0.5, 0.6) is 11.5 Å². The van der Waals surface area contributed by atoms with E-state index in [4.69, 9.17) is 9.47 Å². The maximum Gasteiger partial charge on any atom is 0.123 e. The first kappa shape index (κ1) is 15.4. The SMILES string of the molecule is CCCOc1ccc(C(NC)c2ccccc2OC)cc1. The van der Waals surface area contributed by atoms with Gasteiger partial charge in [-0.25, -0.2) is 0 Å². The summed E-state index contributed by atoms with van der Waals surface area (Å²) in [6.07, 6.45) is 1.02. The van der Waals surface area contributed by atoms with Crippen LogP contribution < -0.4 is 14.8 Å². The van der Waals surface area contributed by atoms with Crippen molar-refractivity contribution in [2.24, 2.45) is 0 Å². The number of methoxy groups -OCH3 is 1. The van der Waals surface area contributed by atoms with E-state index in [9.17, 15) is 0 Å². The molecule has 0 spiro atoms. The molecule has 2 rings (SSSR count). The third-order valence-electron chi connectivity index (χ3n) is 3.42. The lowest BCUT2D eigenvalue weighted by Crippen LogP contribution is -2.18. The third-order valence-corrected chi connectivity index (χ3v) is 3.42. The zero-order valence-corrected chi connectivity index (χ0v) is 12.9. The van der Waals surface area contributed by atoms with E-state index in [1.165, 1.54) is 5.56 Å². The predicted octanol–water partition coefficient (Wildman–Crippen LogP) is 3.79. The Labute approximate surface area is 126 Å². The van der Waals surface area contributed by atoms with Gasteiger partial charge in [-0.15, -0.1) is 0 Å². The Balaban J connectivity index is 2.24. The molecule has 0 heterocycles. The van der Waals surface area contributed by atoms with Crippen LogP contribution in [0.3, 0.4) is 0 Å². The molecule has 0 amide bonds. The lowest BCUT2D eigenvalue weighted by Gasteiger charge is -2.20. The molecule has 0 radical (unpaired) electrons. The molecule has 3 heteroatoms. The van der Waals surface area contributed by atoms with Crippen LogP contribution in [0, 0.1) is 0 Å². The summed E-state index contributed by atoms with van der Waals surface area (Å²) in [7, 11) is 3.66. The minimum Gasteiger partial charge on any atom is -0.496 e. The predicted molar refractivity (Wildman–Crippen MR) is 86.1 cm³/mol. The van der Waals surface area contributed by atoms with Crippen molar-refractivity contribution in [3.05, 3.63) is 59.7 Å². The number of para-hydroxylation sites is 1. The van der Waals surface area contributed by atoms with E-state index in [1.54, 1.807) is 7.11 Å². The minimum absolute atomic E-state index is 0.0985. The summed E-state index contributed by atoms with van der Waals surface area (Å²) in [6, 6.07) is 16.4. The van der Waals surface area contributed by atoms with Gasteiger partial charge in [0.2, 0.25) is 0 Å². The highest BCUT2D eigenvalue weighted by molar-refractivity contribution is 5.42. The van der Waals surface area contributed by atoms with Gasteiger partial charge in [0.25, 0.3) is 0 Å². The molecule has 0 saturated heterocycles. The van der Waals surface area contributed by atoms with Gasteiger partial charge in [0.15, 0.2) is 0 Å². The highest BCUT2D eigenvalue weighted by Crippen LogP contribution is 2.30. The lowest BCUT2D eigenvalue weighted by atomic mass is 9.98. The average molecular weight is 285 g/mol. The zero-order valence-electron chi connectivity index (χ0n) is 12.9. The summed E-state index contributed by atoms with van der Waals surface area (Å²) in [5, 5.41) is 3.35. The second-order valence-corrected chi connectivity index (χ2v) is 4.88. The molecule has 0 saturated carbocycles. The minimum atomic E-state index is 0.0985. The molecule has 2 aromatic rings. The Kier molecular flexibility index (Phi) is 5.64. The van der Waals surface area contributed by atoms with Gasteiger partial charge in [-0.1, -0.05) is 37.3 Å². The molecule has 3 nitrogen and oxygen atoms in total. The number of nitrogens with one attached hydrogen (secondary N) is 1. The molecule has 1 unspecified atom stereocenters. The maximum atomic E-state index is 5.63. The van der Waals surface area contributed by atoms with E-state index < -0.39 is 0 Å². The van der Waals surface area contributed by atoms with Gasteiger partial charge in [-0.3, -0.25) is 0 Å². The summed E-state index contributed by atoms with van der Waals surface area (Å²) in [5.41, 5.74) is 2.32. The van der Waals surface area contributed by atoms with Crippen molar-refractivity contribution in [2.45, 2.75) is 19.4 Å². The molecule has 0 bridgehead atoms. The lowest BCUT2D eigenvalue weighted by molar-refractivity contribution is 0.317. The highest BCUT2D eigenvalue weighted by atomic mass is 16.5. The van der Waals surface area contributed by atoms with Gasteiger partial charge in [-0.05, 0) is 37.2 Å². The normalized spacial score (nSPS) is 12.0. The molecule has 1 N–H and O–H groups in total. The first-order valence-corrected chi connectivity index (χ1v) is 7.33. The summed E-state index contributed by atoms with van der Waals surface area (Å²) >= 11 is 0. The third kappa shape index (κ3) is 3.76. The fourth-order valence-electron chi connectivity index (χ4n) is 2.38. The van der Waals surface area contributed by atoms with Crippen molar-refractivity contribution >= 4 is 0 Å². The summed E-state index contributed by atoms with van der Waals surface area (Å²) in [4.78, 5) is 0. The van der Waals surface area contributed by atoms with Gasteiger partial charge in [0.1, 0.15) is 11.5 Å². The first-order chi connectivity index (χ1) is 10.3. The van der Waals surface area contributed by atoms with Gasteiger partial charge in [0, 0.05) is 5.56 Å². The van der Waals surface area contributed by atoms with E-state index in [2.05, 4.69) is 30.4 Å². The molecular weight excluding hydrogens is 262 g/mol. The quantitative estimate of drug-likeness (QED) is 0.839. The standard InChI is InChI=1S/C18H23NO2/c1-4-13-21-15-11-9-14(10-12-15)18(19-2)16-7-5-6-8-17(16)20-3/h5-12,18-19H,4,13H2,1-3H3. The maximum absolute atomic E-state index is 5.63. The van der Waals surface area contributed by atoms with E-state index >= 15 is 0 Å². The first-order valence-electron chi connectivity index (χ1n) is 7.33. The Bertz CT molecular complexity index is 551. The van der Waals surface area contributed by atoms with Crippen LogP contribution in [0.15, 0.2) is 48.5 Å². The van der Waals surface area contributed by atoms with Crippen LogP contribution in [-0.2, 0) is 0 Å². The summed E-state index contributed by atoms with van der Waals surface area (Å²) in [5.74, 6) is 1.80. The Morgan fingerprint density at radius 2 is 1.76 bits per heavy atom.